The van der Waals surface area contributed by atoms with E-state index in [4.69, 9.17) is 27.9 Å². The van der Waals surface area contributed by atoms with Crippen LogP contribution in [0, 0.1) is 0 Å². The first-order chi connectivity index (χ1) is 12.1. The zero-order valence-electron chi connectivity index (χ0n) is 14.0. The van der Waals surface area contributed by atoms with Gasteiger partial charge in [0.15, 0.2) is 0 Å². The molecule has 25 heavy (non-hydrogen) atoms. The highest BCUT2D eigenvalue weighted by molar-refractivity contribution is 6.35. The average molecular weight is 379 g/mol. The van der Waals surface area contributed by atoms with Gasteiger partial charge in [-0.05, 0) is 24.3 Å². The Bertz CT molecular complexity index is 739. The number of methoxy groups -OCH3 is 1. The Kier molecular flexibility index (Phi) is 5.84. The summed E-state index contributed by atoms with van der Waals surface area (Å²) in [5.41, 5.74) is 1.54. The van der Waals surface area contributed by atoms with E-state index in [1.807, 2.05) is 41.3 Å². The molecular formula is C19H20Cl2N2O2. The second kappa shape index (κ2) is 8.09. The van der Waals surface area contributed by atoms with Crippen LogP contribution in [0.3, 0.4) is 0 Å². The van der Waals surface area contributed by atoms with Gasteiger partial charge in [-0.1, -0.05) is 41.4 Å². The molecule has 0 N–H and O–H groups in total. The summed E-state index contributed by atoms with van der Waals surface area (Å²) in [6.07, 6.45) is 0. The first-order valence-electron chi connectivity index (χ1n) is 8.17. The average Bonchev–Trinajstić information content (AvgIpc) is 2.65. The van der Waals surface area contributed by atoms with Gasteiger partial charge in [-0.3, -0.25) is 9.69 Å². The van der Waals surface area contributed by atoms with Gasteiger partial charge in [0.2, 0.25) is 0 Å². The molecule has 0 aliphatic carbocycles. The lowest BCUT2D eigenvalue weighted by atomic mass is 10.1. The van der Waals surface area contributed by atoms with Gasteiger partial charge in [0.1, 0.15) is 5.75 Å². The van der Waals surface area contributed by atoms with E-state index < -0.39 is 0 Å². The summed E-state index contributed by atoms with van der Waals surface area (Å²) in [4.78, 5) is 16.9. The van der Waals surface area contributed by atoms with Gasteiger partial charge < -0.3 is 9.64 Å². The molecule has 1 aliphatic heterocycles. The highest BCUT2D eigenvalue weighted by Crippen LogP contribution is 2.26. The van der Waals surface area contributed by atoms with Crippen LogP contribution in [0.1, 0.15) is 15.9 Å². The van der Waals surface area contributed by atoms with Crippen molar-refractivity contribution in [3.8, 4) is 5.75 Å². The Morgan fingerprint density at radius 2 is 1.64 bits per heavy atom. The van der Waals surface area contributed by atoms with Crippen molar-refractivity contribution in [2.45, 2.75) is 6.54 Å². The number of hydrogen-bond donors (Lipinski definition) is 0. The summed E-state index contributed by atoms with van der Waals surface area (Å²) in [5.74, 6) is 0.616. The minimum Gasteiger partial charge on any atom is -0.496 e. The van der Waals surface area contributed by atoms with E-state index in [1.54, 1.807) is 13.2 Å². The molecule has 0 spiro atoms. The summed E-state index contributed by atoms with van der Waals surface area (Å²) in [5, 5.41) is 1.36. The summed E-state index contributed by atoms with van der Waals surface area (Å²) in [6.45, 7) is 3.58. The summed E-state index contributed by atoms with van der Waals surface area (Å²) in [6, 6.07) is 12.9. The van der Waals surface area contributed by atoms with E-state index in [1.165, 1.54) is 0 Å². The van der Waals surface area contributed by atoms with E-state index in [9.17, 15) is 4.79 Å². The van der Waals surface area contributed by atoms with Crippen molar-refractivity contribution < 1.29 is 9.53 Å². The van der Waals surface area contributed by atoms with Gasteiger partial charge in [0.25, 0.3) is 5.91 Å². The lowest BCUT2D eigenvalue weighted by Gasteiger charge is -2.35. The Labute approximate surface area is 157 Å². The summed E-state index contributed by atoms with van der Waals surface area (Å²) < 4.78 is 5.30. The molecule has 0 atom stereocenters. The maximum absolute atomic E-state index is 12.7. The SMILES string of the molecule is COc1ccccc1C(=O)N1CCN(Cc2c(Cl)cccc2Cl)CC1. The number of ether oxygens (including phenoxy) is 1. The predicted molar refractivity (Wildman–Crippen MR) is 101 cm³/mol. The fraction of sp³-hybridized carbons (Fsp3) is 0.316. The van der Waals surface area contributed by atoms with Crippen molar-refractivity contribution >= 4 is 29.1 Å². The molecule has 0 unspecified atom stereocenters. The number of piperazine rings is 1. The molecule has 1 amide bonds. The van der Waals surface area contributed by atoms with E-state index in [0.29, 0.717) is 41.0 Å². The topological polar surface area (TPSA) is 32.8 Å². The van der Waals surface area contributed by atoms with Gasteiger partial charge in [-0.2, -0.15) is 0 Å². The van der Waals surface area contributed by atoms with Crippen molar-refractivity contribution in [3.05, 3.63) is 63.6 Å². The second-order valence-electron chi connectivity index (χ2n) is 5.97. The molecule has 1 aliphatic rings. The summed E-state index contributed by atoms with van der Waals surface area (Å²) >= 11 is 12.5. The molecular weight excluding hydrogens is 359 g/mol. The van der Waals surface area contributed by atoms with Crippen LogP contribution in [-0.4, -0.2) is 49.0 Å². The molecule has 2 aromatic rings. The zero-order chi connectivity index (χ0) is 17.8. The number of halogens is 2. The molecule has 0 radical (unpaired) electrons. The smallest absolute Gasteiger partial charge is 0.257 e. The number of hydrogen-bond acceptors (Lipinski definition) is 3. The molecule has 132 valence electrons. The van der Waals surface area contributed by atoms with Crippen LogP contribution < -0.4 is 4.74 Å². The van der Waals surface area contributed by atoms with Gasteiger partial charge in [-0.15, -0.1) is 0 Å². The number of amides is 1. The third-order valence-electron chi connectivity index (χ3n) is 4.44. The zero-order valence-corrected chi connectivity index (χ0v) is 15.6. The van der Waals surface area contributed by atoms with Crippen LogP contribution in [0.2, 0.25) is 10.0 Å². The third kappa shape index (κ3) is 4.09. The molecule has 2 aromatic carbocycles. The quantitative estimate of drug-likeness (QED) is 0.806. The normalized spacial score (nSPS) is 15.2. The van der Waals surface area contributed by atoms with Crippen LogP contribution >= 0.6 is 23.2 Å². The number of para-hydroxylation sites is 1. The maximum atomic E-state index is 12.7. The lowest BCUT2D eigenvalue weighted by molar-refractivity contribution is 0.0625. The lowest BCUT2D eigenvalue weighted by Crippen LogP contribution is -2.48. The number of carbonyl (C=O) groups excluding carboxylic acids is 1. The second-order valence-corrected chi connectivity index (χ2v) is 6.78. The first-order valence-corrected chi connectivity index (χ1v) is 8.93. The first kappa shape index (κ1) is 18.1. The van der Waals surface area contributed by atoms with Gasteiger partial charge in [0.05, 0.1) is 12.7 Å². The summed E-state index contributed by atoms with van der Waals surface area (Å²) in [7, 11) is 1.58. The molecule has 0 bridgehead atoms. The molecule has 3 rings (SSSR count). The molecule has 0 saturated carbocycles. The van der Waals surface area contributed by atoms with E-state index in [-0.39, 0.29) is 5.91 Å². The van der Waals surface area contributed by atoms with Gasteiger partial charge in [0, 0.05) is 48.3 Å². The number of rotatable bonds is 4. The minimum absolute atomic E-state index is 0.00729. The molecule has 1 saturated heterocycles. The fourth-order valence-electron chi connectivity index (χ4n) is 3.01. The largest absolute Gasteiger partial charge is 0.496 e. The minimum atomic E-state index is 0.00729. The third-order valence-corrected chi connectivity index (χ3v) is 5.15. The van der Waals surface area contributed by atoms with Crippen molar-refractivity contribution in [2.75, 3.05) is 33.3 Å². The highest BCUT2D eigenvalue weighted by atomic mass is 35.5. The van der Waals surface area contributed by atoms with Crippen molar-refractivity contribution in [1.82, 2.24) is 9.80 Å². The monoisotopic (exact) mass is 378 g/mol. The number of carbonyl (C=O) groups is 1. The number of nitrogens with zero attached hydrogens (tertiary/aromatic N) is 2. The van der Waals surface area contributed by atoms with Crippen LogP contribution in [0.4, 0.5) is 0 Å². The maximum Gasteiger partial charge on any atom is 0.257 e. The predicted octanol–water partition coefficient (Wildman–Crippen LogP) is 3.96. The molecule has 0 aromatic heterocycles. The van der Waals surface area contributed by atoms with Crippen LogP contribution in [0.25, 0.3) is 0 Å². The van der Waals surface area contributed by atoms with Crippen molar-refractivity contribution in [3.63, 3.8) is 0 Å². The van der Waals surface area contributed by atoms with Crippen LogP contribution in [0.15, 0.2) is 42.5 Å². The molecule has 4 nitrogen and oxygen atoms in total. The van der Waals surface area contributed by atoms with Crippen molar-refractivity contribution in [2.24, 2.45) is 0 Å². The number of benzene rings is 2. The van der Waals surface area contributed by atoms with E-state index in [2.05, 4.69) is 4.90 Å². The Morgan fingerprint density at radius 3 is 2.28 bits per heavy atom. The van der Waals surface area contributed by atoms with Crippen LogP contribution in [-0.2, 0) is 6.54 Å². The Balaban J connectivity index is 1.63. The van der Waals surface area contributed by atoms with Crippen molar-refractivity contribution in [1.29, 1.82) is 0 Å². The van der Waals surface area contributed by atoms with Gasteiger partial charge in [-0.25, -0.2) is 0 Å². The highest BCUT2D eigenvalue weighted by Gasteiger charge is 2.24. The fourth-order valence-corrected chi connectivity index (χ4v) is 3.52. The molecule has 1 heterocycles. The molecule has 6 heteroatoms. The Hall–Kier alpha value is -1.75. The van der Waals surface area contributed by atoms with Crippen LogP contribution in [0.5, 0.6) is 5.75 Å². The molecule has 1 fully saturated rings. The Morgan fingerprint density at radius 1 is 1.00 bits per heavy atom. The van der Waals surface area contributed by atoms with E-state index >= 15 is 0 Å². The van der Waals surface area contributed by atoms with Gasteiger partial charge >= 0.3 is 0 Å². The standard InChI is InChI=1S/C19H20Cl2N2O2/c1-25-18-8-3-2-5-14(18)19(24)23-11-9-22(10-12-23)13-15-16(20)6-4-7-17(15)21/h2-8H,9-13H2,1H3. The van der Waals surface area contributed by atoms with E-state index in [0.717, 1.165) is 18.7 Å².